The maximum atomic E-state index is 12.3. The molecule has 0 radical (unpaired) electrons. The Balaban J connectivity index is 1.65. The first kappa shape index (κ1) is 18.6. The zero-order chi connectivity index (χ0) is 20.7. The summed E-state index contributed by atoms with van der Waals surface area (Å²) < 4.78 is 13.3. The van der Waals surface area contributed by atoms with Crippen molar-refractivity contribution in [3.8, 4) is 5.69 Å². The third kappa shape index (κ3) is 3.09. The van der Waals surface area contributed by atoms with E-state index in [-0.39, 0.29) is 11.7 Å². The number of nitrogens with zero attached hydrogens (tertiary/aromatic N) is 3. The van der Waals surface area contributed by atoms with Gasteiger partial charge in [0, 0.05) is 29.3 Å². The molecule has 2 aromatic carbocycles. The van der Waals surface area contributed by atoms with Crippen LogP contribution in [0.5, 0.6) is 0 Å². The van der Waals surface area contributed by atoms with Crippen LogP contribution in [0.1, 0.15) is 23.0 Å². The van der Waals surface area contributed by atoms with Crippen molar-refractivity contribution < 1.29 is 9.15 Å². The van der Waals surface area contributed by atoms with E-state index in [0.717, 1.165) is 33.7 Å². The molecule has 0 spiro atoms. The molecule has 3 heterocycles. The van der Waals surface area contributed by atoms with Gasteiger partial charge in [-0.3, -0.25) is 0 Å². The first-order chi connectivity index (χ1) is 14.6. The molecule has 30 heavy (non-hydrogen) atoms. The number of anilines is 1. The van der Waals surface area contributed by atoms with Crippen LogP contribution in [-0.4, -0.2) is 29.5 Å². The standard InChI is InChI=1S/C24H23N3O3/c1-16-24(17(2)27(25-16)18-8-4-3-5-9-18)21-15-29-13-12-26(21)20-14-23(28)30-22-11-7-6-10-19(20)22/h3-11,14,21H,12-13,15H2,1-2H3. The molecule has 5 rings (SSSR count). The summed E-state index contributed by atoms with van der Waals surface area (Å²) in [5.41, 5.74) is 5.33. The van der Waals surface area contributed by atoms with Crippen molar-refractivity contribution in [3.05, 3.63) is 88.0 Å². The van der Waals surface area contributed by atoms with E-state index < -0.39 is 0 Å². The van der Waals surface area contributed by atoms with Gasteiger partial charge in [-0.25, -0.2) is 9.48 Å². The third-order valence-corrected chi connectivity index (χ3v) is 5.75. The van der Waals surface area contributed by atoms with Crippen LogP contribution in [0.3, 0.4) is 0 Å². The quantitative estimate of drug-likeness (QED) is 0.482. The van der Waals surface area contributed by atoms with Crippen LogP contribution < -0.4 is 10.5 Å². The SMILES string of the molecule is Cc1nn(-c2ccccc2)c(C)c1C1COCCN1c1cc(=O)oc2ccccc12. The summed E-state index contributed by atoms with van der Waals surface area (Å²) in [6.07, 6.45) is 0. The molecule has 0 saturated carbocycles. The molecular formula is C24H23N3O3. The maximum absolute atomic E-state index is 12.3. The highest BCUT2D eigenvalue weighted by Crippen LogP contribution is 2.36. The molecule has 1 unspecified atom stereocenters. The summed E-state index contributed by atoms with van der Waals surface area (Å²) in [7, 11) is 0. The number of hydrogen-bond donors (Lipinski definition) is 0. The average Bonchev–Trinajstić information content (AvgIpc) is 3.07. The number of morpholine rings is 1. The van der Waals surface area contributed by atoms with Crippen molar-refractivity contribution >= 4 is 16.7 Å². The Hall–Kier alpha value is -3.38. The van der Waals surface area contributed by atoms with Crippen LogP contribution in [-0.2, 0) is 4.74 Å². The van der Waals surface area contributed by atoms with Gasteiger partial charge in [-0.1, -0.05) is 30.3 Å². The Morgan fingerprint density at radius 3 is 2.63 bits per heavy atom. The first-order valence-corrected chi connectivity index (χ1v) is 10.1. The number of para-hydroxylation sites is 2. The van der Waals surface area contributed by atoms with Crippen molar-refractivity contribution in [1.82, 2.24) is 9.78 Å². The summed E-state index contributed by atoms with van der Waals surface area (Å²) in [4.78, 5) is 14.5. The molecule has 1 aliphatic heterocycles. The van der Waals surface area contributed by atoms with E-state index in [9.17, 15) is 4.79 Å². The second-order valence-corrected chi connectivity index (χ2v) is 7.56. The lowest BCUT2D eigenvalue weighted by Gasteiger charge is -2.38. The molecular weight excluding hydrogens is 378 g/mol. The molecule has 6 nitrogen and oxygen atoms in total. The molecule has 1 saturated heterocycles. The topological polar surface area (TPSA) is 60.5 Å². The summed E-state index contributed by atoms with van der Waals surface area (Å²) in [5, 5.41) is 5.74. The fourth-order valence-electron chi connectivity index (χ4n) is 4.42. The largest absolute Gasteiger partial charge is 0.423 e. The zero-order valence-corrected chi connectivity index (χ0v) is 17.0. The lowest BCUT2D eigenvalue weighted by atomic mass is 10.0. The van der Waals surface area contributed by atoms with E-state index in [1.807, 2.05) is 66.2 Å². The van der Waals surface area contributed by atoms with Crippen LogP contribution in [0.2, 0.25) is 0 Å². The molecule has 1 aliphatic rings. The monoisotopic (exact) mass is 401 g/mol. The van der Waals surface area contributed by atoms with Crippen LogP contribution in [0.15, 0.2) is 69.9 Å². The molecule has 0 aliphatic carbocycles. The van der Waals surface area contributed by atoms with Gasteiger partial charge in [0.25, 0.3) is 0 Å². The molecule has 152 valence electrons. The highest BCUT2D eigenvalue weighted by molar-refractivity contribution is 5.90. The Labute approximate surface area is 174 Å². The highest BCUT2D eigenvalue weighted by Gasteiger charge is 2.31. The average molecular weight is 401 g/mol. The predicted octanol–water partition coefficient (Wildman–Crippen LogP) is 4.17. The molecule has 4 aromatic rings. The van der Waals surface area contributed by atoms with Gasteiger partial charge >= 0.3 is 5.63 Å². The van der Waals surface area contributed by atoms with E-state index in [1.165, 1.54) is 0 Å². The lowest BCUT2D eigenvalue weighted by molar-refractivity contribution is 0.0939. The van der Waals surface area contributed by atoms with Gasteiger partial charge in [0.1, 0.15) is 5.58 Å². The number of aryl methyl sites for hydroxylation is 1. The second-order valence-electron chi connectivity index (χ2n) is 7.56. The Morgan fingerprint density at radius 1 is 1.03 bits per heavy atom. The summed E-state index contributed by atoms with van der Waals surface area (Å²) >= 11 is 0. The molecule has 1 atom stereocenters. The van der Waals surface area contributed by atoms with E-state index in [2.05, 4.69) is 11.8 Å². The number of hydrogen-bond acceptors (Lipinski definition) is 5. The van der Waals surface area contributed by atoms with Crippen LogP contribution in [0, 0.1) is 13.8 Å². The normalized spacial score (nSPS) is 16.9. The van der Waals surface area contributed by atoms with Crippen molar-refractivity contribution in [3.63, 3.8) is 0 Å². The summed E-state index contributed by atoms with van der Waals surface area (Å²) in [6, 6.07) is 19.3. The van der Waals surface area contributed by atoms with Gasteiger partial charge in [0.15, 0.2) is 0 Å². The second kappa shape index (κ2) is 7.46. The molecule has 2 aromatic heterocycles. The molecule has 6 heteroatoms. The number of rotatable bonds is 3. The minimum Gasteiger partial charge on any atom is -0.423 e. The predicted molar refractivity (Wildman–Crippen MR) is 116 cm³/mol. The number of benzene rings is 2. The van der Waals surface area contributed by atoms with Crippen LogP contribution in [0.25, 0.3) is 16.7 Å². The Kier molecular flexibility index (Phi) is 4.64. The summed E-state index contributed by atoms with van der Waals surface area (Å²) in [5.74, 6) is 0. The van der Waals surface area contributed by atoms with E-state index in [1.54, 1.807) is 6.07 Å². The fraction of sp³-hybridized carbons (Fsp3) is 0.250. The van der Waals surface area contributed by atoms with Gasteiger partial charge in [-0.15, -0.1) is 0 Å². The van der Waals surface area contributed by atoms with Gasteiger partial charge in [-0.2, -0.15) is 5.10 Å². The molecule has 0 amide bonds. The molecule has 1 fully saturated rings. The molecule has 0 N–H and O–H groups in total. The van der Waals surface area contributed by atoms with Crippen LogP contribution >= 0.6 is 0 Å². The maximum Gasteiger partial charge on any atom is 0.338 e. The van der Waals surface area contributed by atoms with Gasteiger partial charge < -0.3 is 14.1 Å². The van der Waals surface area contributed by atoms with Crippen molar-refractivity contribution in [2.24, 2.45) is 0 Å². The van der Waals surface area contributed by atoms with Crippen molar-refractivity contribution in [1.29, 1.82) is 0 Å². The zero-order valence-electron chi connectivity index (χ0n) is 17.0. The number of ether oxygens (including phenoxy) is 1. The lowest BCUT2D eigenvalue weighted by Crippen LogP contribution is -2.40. The Morgan fingerprint density at radius 2 is 1.80 bits per heavy atom. The van der Waals surface area contributed by atoms with Crippen molar-refractivity contribution in [2.45, 2.75) is 19.9 Å². The number of aromatic nitrogens is 2. The van der Waals surface area contributed by atoms with E-state index in [0.29, 0.717) is 25.3 Å². The van der Waals surface area contributed by atoms with Gasteiger partial charge in [0.05, 0.1) is 36.3 Å². The van der Waals surface area contributed by atoms with Gasteiger partial charge in [-0.05, 0) is 38.1 Å². The Bertz CT molecular complexity index is 1260. The fourth-order valence-corrected chi connectivity index (χ4v) is 4.42. The minimum absolute atomic E-state index is 0.0404. The highest BCUT2D eigenvalue weighted by atomic mass is 16.5. The smallest absolute Gasteiger partial charge is 0.338 e. The third-order valence-electron chi connectivity index (χ3n) is 5.75. The number of fused-ring (bicyclic) bond motifs is 1. The van der Waals surface area contributed by atoms with E-state index >= 15 is 0 Å². The molecule has 0 bridgehead atoms. The summed E-state index contributed by atoms with van der Waals surface area (Å²) in [6.45, 7) is 5.96. The van der Waals surface area contributed by atoms with Gasteiger partial charge in [0.2, 0.25) is 0 Å². The van der Waals surface area contributed by atoms with E-state index in [4.69, 9.17) is 14.3 Å². The van der Waals surface area contributed by atoms with Crippen LogP contribution in [0.4, 0.5) is 5.69 Å². The van der Waals surface area contributed by atoms with Crippen molar-refractivity contribution in [2.75, 3.05) is 24.7 Å². The first-order valence-electron chi connectivity index (χ1n) is 10.1. The minimum atomic E-state index is -0.345.